The Morgan fingerprint density at radius 1 is 0.560 bits per heavy atom. The van der Waals surface area contributed by atoms with E-state index in [1.54, 1.807) is 0 Å². The summed E-state index contributed by atoms with van der Waals surface area (Å²) in [7, 11) is 0. The van der Waals surface area contributed by atoms with Crippen LogP contribution in [0, 0.1) is 47.3 Å². The number of rotatable bonds is 1. The molecule has 0 spiro atoms. The van der Waals surface area contributed by atoms with Crippen molar-refractivity contribution >= 4 is 0 Å². The van der Waals surface area contributed by atoms with Gasteiger partial charge in [-0.1, -0.05) is 49.1 Å². The summed E-state index contributed by atoms with van der Waals surface area (Å²) in [6.45, 7) is 11.8. The smallest absolute Gasteiger partial charge is 0.00202 e. The first-order valence-corrected chi connectivity index (χ1v) is 11.2. The van der Waals surface area contributed by atoms with Crippen LogP contribution >= 0.6 is 0 Å². The average Bonchev–Trinajstić information content (AvgIpc) is 2.62. The van der Waals surface area contributed by atoms with Gasteiger partial charge < -0.3 is 0 Å². The molecule has 0 aliphatic heterocycles. The largest absolute Gasteiger partial charge is 0.102 e. The maximum Gasteiger partial charge on any atom is -0.00202 e. The number of hydrogen-bond donors (Lipinski definition) is 0. The van der Waals surface area contributed by atoms with Gasteiger partial charge in [0.2, 0.25) is 0 Å². The second-order valence-electron chi connectivity index (χ2n) is 10.1. The SMILES string of the molecule is C=CC1CCC2C3=C1C(C)CCC3C1CCC(C)C3=C1C2CCC3C. The normalized spacial score (nSPS) is 48.8. The Balaban J connectivity index is 1.70. The van der Waals surface area contributed by atoms with Crippen LogP contribution in [0.3, 0.4) is 0 Å². The lowest BCUT2D eigenvalue weighted by Crippen LogP contribution is -2.46. The molecular formula is C25H36. The third kappa shape index (κ3) is 2.18. The van der Waals surface area contributed by atoms with E-state index < -0.39 is 0 Å². The molecule has 8 atom stereocenters. The summed E-state index contributed by atoms with van der Waals surface area (Å²) in [5.74, 6) is 6.86. The van der Waals surface area contributed by atoms with Gasteiger partial charge in [0.05, 0.1) is 0 Å². The van der Waals surface area contributed by atoms with E-state index in [9.17, 15) is 0 Å². The minimum atomic E-state index is 0.694. The first-order chi connectivity index (χ1) is 12.1. The zero-order chi connectivity index (χ0) is 17.3. The maximum absolute atomic E-state index is 4.22. The van der Waals surface area contributed by atoms with Crippen molar-refractivity contribution in [1.82, 2.24) is 0 Å². The van der Waals surface area contributed by atoms with Gasteiger partial charge in [-0.2, -0.15) is 0 Å². The molecule has 1 fully saturated rings. The minimum absolute atomic E-state index is 0.694. The monoisotopic (exact) mass is 336 g/mol. The van der Waals surface area contributed by atoms with E-state index in [2.05, 4.69) is 33.4 Å². The van der Waals surface area contributed by atoms with Crippen LogP contribution < -0.4 is 0 Å². The molecule has 0 heterocycles. The molecule has 0 amide bonds. The highest BCUT2D eigenvalue weighted by Gasteiger charge is 2.52. The molecular weight excluding hydrogens is 300 g/mol. The Kier molecular flexibility index (Phi) is 3.85. The van der Waals surface area contributed by atoms with Crippen LogP contribution in [0.2, 0.25) is 0 Å². The molecule has 0 N–H and O–H groups in total. The summed E-state index contributed by atoms with van der Waals surface area (Å²) in [4.78, 5) is 0. The fourth-order valence-corrected chi connectivity index (χ4v) is 8.13. The van der Waals surface area contributed by atoms with Crippen molar-refractivity contribution in [2.45, 2.75) is 72.1 Å². The molecule has 0 nitrogen and oxygen atoms in total. The van der Waals surface area contributed by atoms with E-state index in [1.807, 2.05) is 22.3 Å². The van der Waals surface area contributed by atoms with E-state index in [0.29, 0.717) is 5.92 Å². The van der Waals surface area contributed by atoms with Gasteiger partial charge in [-0.05, 0) is 98.7 Å². The molecule has 0 saturated heterocycles. The number of fused-ring (bicyclic) bond motifs is 2. The maximum atomic E-state index is 4.22. The highest BCUT2D eigenvalue weighted by molar-refractivity contribution is 5.43. The lowest BCUT2D eigenvalue weighted by Gasteiger charge is -2.57. The Labute approximate surface area is 154 Å². The molecule has 0 aromatic carbocycles. The molecule has 5 rings (SSSR count). The van der Waals surface area contributed by atoms with E-state index in [4.69, 9.17) is 0 Å². The number of allylic oxidation sites excluding steroid dienone is 5. The summed E-state index contributed by atoms with van der Waals surface area (Å²) in [5.41, 5.74) is 7.82. The first-order valence-electron chi connectivity index (χ1n) is 11.2. The first kappa shape index (κ1) is 16.4. The summed E-state index contributed by atoms with van der Waals surface area (Å²) >= 11 is 0. The van der Waals surface area contributed by atoms with E-state index in [-0.39, 0.29) is 0 Å². The zero-order valence-electron chi connectivity index (χ0n) is 16.6. The van der Waals surface area contributed by atoms with Crippen molar-refractivity contribution in [2.75, 3.05) is 0 Å². The van der Waals surface area contributed by atoms with Crippen LogP contribution in [0.15, 0.2) is 34.9 Å². The average molecular weight is 337 g/mol. The highest BCUT2D eigenvalue weighted by atomic mass is 14.6. The fourth-order valence-electron chi connectivity index (χ4n) is 8.13. The van der Waals surface area contributed by atoms with Crippen molar-refractivity contribution in [3.05, 3.63) is 34.9 Å². The van der Waals surface area contributed by atoms with Crippen LogP contribution in [0.5, 0.6) is 0 Å². The minimum Gasteiger partial charge on any atom is -0.102 e. The molecule has 5 aliphatic carbocycles. The van der Waals surface area contributed by atoms with Crippen LogP contribution in [0.1, 0.15) is 72.1 Å². The molecule has 0 bridgehead atoms. The lowest BCUT2D eigenvalue weighted by atomic mass is 9.47. The molecule has 0 radical (unpaired) electrons. The topological polar surface area (TPSA) is 0 Å². The summed E-state index contributed by atoms with van der Waals surface area (Å²) in [5, 5.41) is 0. The molecule has 0 heteroatoms. The van der Waals surface area contributed by atoms with Gasteiger partial charge in [-0.25, -0.2) is 0 Å². The zero-order valence-corrected chi connectivity index (χ0v) is 16.6. The Morgan fingerprint density at radius 2 is 0.960 bits per heavy atom. The Hall–Kier alpha value is -0.780. The van der Waals surface area contributed by atoms with Crippen LogP contribution in [-0.4, -0.2) is 0 Å². The van der Waals surface area contributed by atoms with Gasteiger partial charge in [-0.15, -0.1) is 6.58 Å². The van der Waals surface area contributed by atoms with Crippen molar-refractivity contribution in [1.29, 1.82) is 0 Å². The standard InChI is InChI=1S/C25H36/c1-5-17-9-13-21-19-11-7-15(3)22-14(2)6-10-18(24(19)22)20-12-8-16(4)23(17)25(20)21/h5,14-21H,1,6-13H2,2-4H3. The predicted molar refractivity (Wildman–Crippen MR) is 106 cm³/mol. The van der Waals surface area contributed by atoms with Gasteiger partial charge in [0.1, 0.15) is 0 Å². The Morgan fingerprint density at radius 3 is 1.44 bits per heavy atom. The molecule has 1 saturated carbocycles. The third-order valence-corrected chi connectivity index (χ3v) is 9.03. The third-order valence-electron chi connectivity index (χ3n) is 9.03. The van der Waals surface area contributed by atoms with Gasteiger partial charge in [0.25, 0.3) is 0 Å². The van der Waals surface area contributed by atoms with Gasteiger partial charge in [0, 0.05) is 0 Å². The molecule has 5 aliphatic rings. The highest BCUT2D eigenvalue weighted by Crippen LogP contribution is 2.63. The van der Waals surface area contributed by atoms with E-state index in [0.717, 1.165) is 41.4 Å². The van der Waals surface area contributed by atoms with Crippen molar-refractivity contribution in [3.63, 3.8) is 0 Å². The van der Waals surface area contributed by atoms with Crippen molar-refractivity contribution in [3.8, 4) is 0 Å². The predicted octanol–water partition coefficient (Wildman–Crippen LogP) is 6.94. The lowest BCUT2D eigenvalue weighted by molar-refractivity contribution is 0.140. The van der Waals surface area contributed by atoms with Crippen LogP contribution in [0.4, 0.5) is 0 Å². The summed E-state index contributed by atoms with van der Waals surface area (Å²) in [6.07, 6.45) is 13.9. The molecule has 0 aromatic heterocycles. The molecule has 0 aromatic rings. The quantitative estimate of drug-likeness (QED) is 0.455. The Bertz CT molecular complexity index is 617. The van der Waals surface area contributed by atoms with Gasteiger partial charge in [0.15, 0.2) is 0 Å². The van der Waals surface area contributed by atoms with Gasteiger partial charge >= 0.3 is 0 Å². The van der Waals surface area contributed by atoms with Crippen LogP contribution in [0.25, 0.3) is 0 Å². The van der Waals surface area contributed by atoms with Crippen molar-refractivity contribution < 1.29 is 0 Å². The fraction of sp³-hybridized carbons (Fsp3) is 0.760. The van der Waals surface area contributed by atoms with Gasteiger partial charge in [-0.3, -0.25) is 0 Å². The molecule has 136 valence electrons. The second-order valence-corrected chi connectivity index (χ2v) is 10.1. The summed E-state index contributed by atoms with van der Waals surface area (Å²) in [6, 6.07) is 0. The molecule has 8 unspecified atom stereocenters. The number of hydrogen-bond acceptors (Lipinski definition) is 0. The van der Waals surface area contributed by atoms with Crippen LogP contribution in [-0.2, 0) is 0 Å². The second kappa shape index (κ2) is 5.86. The summed E-state index contributed by atoms with van der Waals surface area (Å²) < 4.78 is 0. The van der Waals surface area contributed by atoms with E-state index in [1.165, 1.54) is 51.4 Å². The molecule has 25 heavy (non-hydrogen) atoms. The van der Waals surface area contributed by atoms with Crippen molar-refractivity contribution in [2.24, 2.45) is 47.3 Å². The van der Waals surface area contributed by atoms with E-state index >= 15 is 0 Å².